The van der Waals surface area contributed by atoms with Gasteiger partial charge in [-0.3, -0.25) is 0 Å². The maximum absolute atomic E-state index is 12.4. The van der Waals surface area contributed by atoms with Crippen LogP contribution in [-0.4, -0.2) is 48.4 Å². The first-order valence-corrected chi connectivity index (χ1v) is 8.29. The first-order chi connectivity index (χ1) is 10.1. The average Bonchev–Trinajstić information content (AvgIpc) is 3.00. The zero-order valence-corrected chi connectivity index (χ0v) is 13.4. The highest BCUT2D eigenvalue weighted by Gasteiger charge is 2.26. The van der Waals surface area contributed by atoms with E-state index in [9.17, 15) is 4.79 Å². The van der Waals surface area contributed by atoms with Crippen LogP contribution in [0.5, 0.6) is 0 Å². The van der Waals surface area contributed by atoms with Crippen molar-refractivity contribution in [2.24, 2.45) is 5.92 Å². The number of morpholine rings is 1. The lowest BCUT2D eigenvalue weighted by atomic mass is 10.0. The van der Waals surface area contributed by atoms with Crippen LogP contribution in [0, 0.1) is 5.92 Å². The predicted octanol–water partition coefficient (Wildman–Crippen LogP) is 2.24. The maximum atomic E-state index is 12.4. The summed E-state index contributed by atoms with van der Waals surface area (Å²) in [6.45, 7) is 5.76. The third kappa shape index (κ3) is 4.69. The minimum atomic E-state index is -0.269. The number of nitrogens with zero attached hydrogens (tertiary/aromatic N) is 1. The number of carbonyl (C=O) groups is 1. The number of ether oxygens (including phenoxy) is 1. The van der Waals surface area contributed by atoms with Gasteiger partial charge < -0.3 is 20.1 Å². The van der Waals surface area contributed by atoms with Crippen molar-refractivity contribution in [3.8, 4) is 0 Å². The van der Waals surface area contributed by atoms with E-state index in [-0.39, 0.29) is 24.8 Å². The minimum absolute atomic E-state index is 0.0490. The van der Waals surface area contributed by atoms with Gasteiger partial charge in [-0.15, -0.1) is 11.3 Å². The zero-order chi connectivity index (χ0) is 15.2. The highest BCUT2D eigenvalue weighted by Crippen LogP contribution is 2.25. The van der Waals surface area contributed by atoms with Gasteiger partial charge in [0.25, 0.3) is 0 Å². The van der Waals surface area contributed by atoms with Gasteiger partial charge in [-0.25, -0.2) is 4.79 Å². The monoisotopic (exact) mass is 312 g/mol. The molecule has 2 heterocycles. The Hall–Kier alpha value is -1.11. The van der Waals surface area contributed by atoms with E-state index >= 15 is 0 Å². The van der Waals surface area contributed by atoms with E-state index in [1.807, 2.05) is 11.4 Å². The van der Waals surface area contributed by atoms with Gasteiger partial charge in [0.15, 0.2) is 0 Å². The van der Waals surface area contributed by atoms with Crippen molar-refractivity contribution >= 4 is 17.4 Å². The number of hydrogen-bond donors (Lipinski definition) is 2. The summed E-state index contributed by atoms with van der Waals surface area (Å²) in [5, 5.41) is 14.3. The summed E-state index contributed by atoms with van der Waals surface area (Å²) in [5.74, 6) is 0.507. The predicted molar refractivity (Wildman–Crippen MR) is 83.4 cm³/mol. The Morgan fingerprint density at radius 1 is 1.62 bits per heavy atom. The van der Waals surface area contributed by atoms with Crippen LogP contribution in [0.2, 0.25) is 0 Å². The van der Waals surface area contributed by atoms with Crippen LogP contribution in [-0.2, 0) is 4.74 Å². The summed E-state index contributed by atoms with van der Waals surface area (Å²) in [5.41, 5.74) is 0. The Bertz CT molecular complexity index is 436. The van der Waals surface area contributed by atoms with Crippen molar-refractivity contribution in [1.82, 2.24) is 10.2 Å². The SMILES string of the molecule is CC(C)CC(NC(=O)N1CCOC(CO)C1)c1cccs1. The third-order valence-corrected chi connectivity index (χ3v) is 4.51. The zero-order valence-electron chi connectivity index (χ0n) is 12.6. The van der Waals surface area contributed by atoms with Crippen LogP contribution in [0.25, 0.3) is 0 Å². The molecule has 1 aliphatic heterocycles. The molecule has 0 aliphatic carbocycles. The van der Waals surface area contributed by atoms with Gasteiger partial charge in [-0.05, 0) is 23.8 Å². The lowest BCUT2D eigenvalue weighted by Gasteiger charge is -2.33. The number of hydrogen-bond acceptors (Lipinski definition) is 4. The Balaban J connectivity index is 1.97. The van der Waals surface area contributed by atoms with Gasteiger partial charge in [-0.1, -0.05) is 19.9 Å². The lowest BCUT2D eigenvalue weighted by Crippen LogP contribution is -2.51. The molecule has 2 unspecified atom stereocenters. The molecule has 1 saturated heterocycles. The van der Waals surface area contributed by atoms with Crippen LogP contribution in [0.1, 0.15) is 31.2 Å². The highest BCUT2D eigenvalue weighted by atomic mass is 32.1. The molecular weight excluding hydrogens is 288 g/mol. The van der Waals surface area contributed by atoms with Crippen LogP contribution in [0.4, 0.5) is 4.79 Å². The fourth-order valence-corrected chi connectivity index (χ4v) is 3.25. The van der Waals surface area contributed by atoms with Crippen molar-refractivity contribution in [1.29, 1.82) is 0 Å². The molecule has 0 aromatic carbocycles. The molecule has 6 heteroatoms. The van der Waals surface area contributed by atoms with E-state index < -0.39 is 0 Å². The molecule has 118 valence electrons. The molecule has 1 aromatic heterocycles. The summed E-state index contributed by atoms with van der Waals surface area (Å²) < 4.78 is 5.38. The summed E-state index contributed by atoms with van der Waals surface area (Å²) in [6.07, 6.45) is 0.648. The van der Waals surface area contributed by atoms with Crippen molar-refractivity contribution < 1.29 is 14.6 Å². The number of aliphatic hydroxyl groups is 1. The molecule has 1 fully saturated rings. The van der Waals surface area contributed by atoms with Gasteiger partial charge in [0.05, 0.1) is 31.9 Å². The number of amides is 2. The molecule has 0 spiro atoms. The van der Waals surface area contributed by atoms with E-state index in [2.05, 4.69) is 25.2 Å². The molecule has 1 aliphatic rings. The second-order valence-electron chi connectivity index (χ2n) is 5.77. The van der Waals surface area contributed by atoms with Crippen LogP contribution in [0.3, 0.4) is 0 Å². The average molecular weight is 312 g/mol. The summed E-state index contributed by atoms with van der Waals surface area (Å²) in [6, 6.07) is 4.05. The van der Waals surface area contributed by atoms with Crippen LogP contribution >= 0.6 is 11.3 Å². The second-order valence-corrected chi connectivity index (χ2v) is 6.75. The molecule has 0 radical (unpaired) electrons. The molecular formula is C15H24N2O3S. The molecule has 2 atom stereocenters. The Labute approximate surface area is 129 Å². The molecule has 1 aromatic rings. The second kappa shape index (κ2) is 7.77. The third-order valence-electron chi connectivity index (χ3n) is 3.52. The molecule has 0 saturated carbocycles. The van der Waals surface area contributed by atoms with Crippen LogP contribution in [0.15, 0.2) is 17.5 Å². The van der Waals surface area contributed by atoms with E-state index in [0.29, 0.717) is 25.6 Å². The highest BCUT2D eigenvalue weighted by molar-refractivity contribution is 7.10. The fourth-order valence-electron chi connectivity index (χ4n) is 2.46. The largest absolute Gasteiger partial charge is 0.394 e. The number of thiophene rings is 1. The van der Waals surface area contributed by atoms with Crippen molar-refractivity contribution in [2.45, 2.75) is 32.4 Å². The summed E-state index contributed by atoms with van der Waals surface area (Å²) in [7, 11) is 0. The Kier molecular flexibility index (Phi) is 6.02. The normalized spacial score (nSPS) is 20.6. The van der Waals surface area contributed by atoms with Crippen molar-refractivity contribution in [3.05, 3.63) is 22.4 Å². The molecule has 21 heavy (non-hydrogen) atoms. The van der Waals surface area contributed by atoms with Gasteiger partial charge in [0, 0.05) is 11.4 Å². The van der Waals surface area contributed by atoms with E-state index in [4.69, 9.17) is 9.84 Å². The summed E-state index contributed by atoms with van der Waals surface area (Å²) >= 11 is 1.67. The summed E-state index contributed by atoms with van der Waals surface area (Å²) in [4.78, 5) is 15.3. The molecule has 0 bridgehead atoms. The number of aliphatic hydroxyl groups excluding tert-OH is 1. The first-order valence-electron chi connectivity index (χ1n) is 7.41. The van der Waals surface area contributed by atoms with Gasteiger partial charge in [-0.2, -0.15) is 0 Å². The van der Waals surface area contributed by atoms with Crippen molar-refractivity contribution in [2.75, 3.05) is 26.3 Å². The quantitative estimate of drug-likeness (QED) is 0.876. The number of carbonyl (C=O) groups excluding carboxylic acids is 1. The number of nitrogens with one attached hydrogen (secondary N) is 1. The molecule has 2 amide bonds. The first kappa shape index (κ1) is 16.3. The Morgan fingerprint density at radius 3 is 3.05 bits per heavy atom. The standard InChI is InChI=1S/C15H24N2O3S/c1-11(2)8-13(14-4-3-7-21-14)16-15(19)17-5-6-20-12(9-17)10-18/h3-4,7,11-13,18H,5-6,8-10H2,1-2H3,(H,16,19). The molecule has 5 nitrogen and oxygen atoms in total. The van der Waals surface area contributed by atoms with E-state index in [1.165, 1.54) is 4.88 Å². The molecule has 2 rings (SSSR count). The smallest absolute Gasteiger partial charge is 0.318 e. The molecule has 2 N–H and O–H groups in total. The number of urea groups is 1. The number of rotatable bonds is 5. The van der Waals surface area contributed by atoms with E-state index in [0.717, 1.165) is 6.42 Å². The lowest BCUT2D eigenvalue weighted by molar-refractivity contribution is -0.0405. The Morgan fingerprint density at radius 2 is 2.43 bits per heavy atom. The van der Waals surface area contributed by atoms with Gasteiger partial charge in [0.2, 0.25) is 0 Å². The van der Waals surface area contributed by atoms with Gasteiger partial charge >= 0.3 is 6.03 Å². The van der Waals surface area contributed by atoms with Crippen LogP contribution < -0.4 is 5.32 Å². The fraction of sp³-hybridized carbons (Fsp3) is 0.667. The minimum Gasteiger partial charge on any atom is -0.394 e. The maximum Gasteiger partial charge on any atom is 0.318 e. The van der Waals surface area contributed by atoms with Gasteiger partial charge in [0.1, 0.15) is 0 Å². The van der Waals surface area contributed by atoms with Crippen molar-refractivity contribution in [3.63, 3.8) is 0 Å². The van der Waals surface area contributed by atoms with E-state index in [1.54, 1.807) is 16.2 Å². The topological polar surface area (TPSA) is 61.8 Å².